The van der Waals surface area contributed by atoms with E-state index in [0.29, 0.717) is 11.3 Å². The second-order valence-corrected chi connectivity index (χ2v) is 6.41. The summed E-state index contributed by atoms with van der Waals surface area (Å²) in [7, 11) is 0. The second kappa shape index (κ2) is 7.56. The third-order valence-corrected chi connectivity index (χ3v) is 4.59. The van der Waals surface area contributed by atoms with E-state index in [-0.39, 0.29) is 18.9 Å². The third kappa shape index (κ3) is 3.34. The number of rotatable bonds is 5. The van der Waals surface area contributed by atoms with E-state index in [4.69, 9.17) is 9.15 Å². The first-order valence-corrected chi connectivity index (χ1v) is 9.11. The van der Waals surface area contributed by atoms with Crippen LogP contribution in [0.2, 0.25) is 0 Å². The number of hydrogen-bond donors (Lipinski definition) is 1. The van der Waals surface area contributed by atoms with Gasteiger partial charge in [-0.1, -0.05) is 42.5 Å². The predicted molar refractivity (Wildman–Crippen MR) is 108 cm³/mol. The van der Waals surface area contributed by atoms with Crippen molar-refractivity contribution in [2.24, 2.45) is 0 Å². The lowest BCUT2D eigenvalue weighted by molar-refractivity contribution is -0.115. The molecule has 1 heterocycles. The standard InChI is InChI=1S/C23H19NO4/c1-2-27-23(26)18-9-5-6-10-19(18)24-21(25)13-16-14-28-20-12-11-15-7-3-4-8-17(15)22(16)20/h3-12,14H,2,13H2,1H3,(H,24,25). The highest BCUT2D eigenvalue weighted by atomic mass is 16.5. The van der Waals surface area contributed by atoms with E-state index in [9.17, 15) is 9.59 Å². The van der Waals surface area contributed by atoms with Crippen LogP contribution in [0.3, 0.4) is 0 Å². The maximum atomic E-state index is 12.7. The Morgan fingerprint density at radius 3 is 2.64 bits per heavy atom. The highest BCUT2D eigenvalue weighted by molar-refractivity contribution is 6.09. The van der Waals surface area contributed by atoms with Crippen molar-refractivity contribution in [1.82, 2.24) is 0 Å². The number of amides is 1. The first kappa shape index (κ1) is 17.8. The summed E-state index contributed by atoms with van der Waals surface area (Å²) in [5.41, 5.74) is 2.31. The molecule has 0 aliphatic rings. The smallest absolute Gasteiger partial charge is 0.340 e. The van der Waals surface area contributed by atoms with Crippen molar-refractivity contribution in [2.45, 2.75) is 13.3 Å². The zero-order valence-corrected chi connectivity index (χ0v) is 15.4. The Labute approximate surface area is 161 Å². The summed E-state index contributed by atoms with van der Waals surface area (Å²) in [6.07, 6.45) is 1.76. The average Bonchev–Trinajstić information content (AvgIpc) is 3.11. The molecule has 1 N–H and O–H groups in total. The lowest BCUT2D eigenvalue weighted by atomic mass is 10.0. The molecule has 3 aromatic carbocycles. The first-order chi connectivity index (χ1) is 13.7. The van der Waals surface area contributed by atoms with Gasteiger partial charge in [0.15, 0.2) is 0 Å². The molecule has 28 heavy (non-hydrogen) atoms. The molecular formula is C23H19NO4. The molecule has 0 saturated carbocycles. The minimum atomic E-state index is -0.460. The van der Waals surface area contributed by atoms with Gasteiger partial charge >= 0.3 is 5.97 Å². The number of carbonyl (C=O) groups is 2. The largest absolute Gasteiger partial charge is 0.464 e. The molecule has 5 nitrogen and oxygen atoms in total. The van der Waals surface area contributed by atoms with Gasteiger partial charge in [0.2, 0.25) is 5.91 Å². The number of ether oxygens (including phenoxy) is 1. The Morgan fingerprint density at radius 1 is 1.00 bits per heavy atom. The molecule has 0 radical (unpaired) electrons. The van der Waals surface area contributed by atoms with Crippen molar-refractivity contribution < 1.29 is 18.7 Å². The van der Waals surface area contributed by atoms with Crippen LogP contribution in [0.15, 0.2) is 71.3 Å². The molecule has 140 valence electrons. The minimum Gasteiger partial charge on any atom is -0.464 e. The van der Waals surface area contributed by atoms with Gasteiger partial charge in [0.25, 0.3) is 0 Å². The van der Waals surface area contributed by atoms with Crippen molar-refractivity contribution in [3.63, 3.8) is 0 Å². The van der Waals surface area contributed by atoms with Crippen molar-refractivity contribution in [1.29, 1.82) is 0 Å². The molecular weight excluding hydrogens is 354 g/mol. The molecule has 4 rings (SSSR count). The van der Waals surface area contributed by atoms with Gasteiger partial charge in [0.1, 0.15) is 5.58 Å². The van der Waals surface area contributed by atoms with Crippen LogP contribution in [-0.4, -0.2) is 18.5 Å². The normalized spacial score (nSPS) is 10.9. The summed E-state index contributed by atoms with van der Waals surface area (Å²) in [6.45, 7) is 2.02. The third-order valence-electron chi connectivity index (χ3n) is 4.59. The molecule has 0 aliphatic carbocycles. The van der Waals surface area contributed by atoms with Crippen LogP contribution in [0.5, 0.6) is 0 Å². The van der Waals surface area contributed by atoms with Gasteiger partial charge < -0.3 is 14.5 Å². The molecule has 0 saturated heterocycles. The van der Waals surface area contributed by atoms with E-state index in [0.717, 1.165) is 27.3 Å². The molecule has 0 unspecified atom stereocenters. The van der Waals surface area contributed by atoms with Crippen LogP contribution in [0.1, 0.15) is 22.8 Å². The molecule has 0 fully saturated rings. The zero-order valence-electron chi connectivity index (χ0n) is 15.4. The summed E-state index contributed by atoms with van der Waals surface area (Å²) in [5, 5.41) is 5.89. The Bertz CT molecular complexity index is 1180. The highest BCUT2D eigenvalue weighted by Crippen LogP contribution is 2.30. The summed E-state index contributed by atoms with van der Waals surface area (Å²) in [6, 6.07) is 18.7. The molecule has 1 amide bonds. The summed E-state index contributed by atoms with van der Waals surface area (Å²) >= 11 is 0. The number of esters is 1. The minimum absolute atomic E-state index is 0.137. The van der Waals surface area contributed by atoms with E-state index in [2.05, 4.69) is 5.32 Å². The number of nitrogens with one attached hydrogen (secondary N) is 1. The van der Waals surface area contributed by atoms with E-state index >= 15 is 0 Å². The molecule has 1 aromatic heterocycles. The zero-order chi connectivity index (χ0) is 19.5. The Balaban J connectivity index is 1.62. The predicted octanol–water partition coefficient (Wildman–Crippen LogP) is 4.94. The lowest BCUT2D eigenvalue weighted by Gasteiger charge is -2.10. The van der Waals surface area contributed by atoms with Crippen LogP contribution < -0.4 is 5.32 Å². The number of anilines is 1. The van der Waals surface area contributed by atoms with Gasteiger partial charge in [-0.25, -0.2) is 4.79 Å². The maximum absolute atomic E-state index is 12.7. The van der Waals surface area contributed by atoms with Crippen LogP contribution in [-0.2, 0) is 16.0 Å². The summed E-state index contributed by atoms with van der Waals surface area (Å²) in [4.78, 5) is 24.8. The number of carbonyl (C=O) groups excluding carboxylic acids is 2. The monoisotopic (exact) mass is 373 g/mol. The average molecular weight is 373 g/mol. The highest BCUT2D eigenvalue weighted by Gasteiger charge is 2.16. The molecule has 0 spiro atoms. The van der Waals surface area contributed by atoms with Crippen LogP contribution in [0.4, 0.5) is 5.69 Å². The fourth-order valence-electron chi connectivity index (χ4n) is 3.35. The number of hydrogen-bond acceptors (Lipinski definition) is 4. The van der Waals surface area contributed by atoms with Crippen molar-refractivity contribution in [3.05, 3.63) is 78.1 Å². The summed E-state index contributed by atoms with van der Waals surface area (Å²) in [5.74, 6) is -0.689. The maximum Gasteiger partial charge on any atom is 0.340 e. The number of fused-ring (bicyclic) bond motifs is 3. The Morgan fingerprint density at radius 2 is 1.79 bits per heavy atom. The van der Waals surface area contributed by atoms with Crippen LogP contribution in [0.25, 0.3) is 21.7 Å². The molecule has 5 heteroatoms. The van der Waals surface area contributed by atoms with Gasteiger partial charge in [0, 0.05) is 10.9 Å². The van der Waals surface area contributed by atoms with Crippen LogP contribution >= 0.6 is 0 Å². The van der Waals surface area contributed by atoms with Gasteiger partial charge in [-0.05, 0) is 35.9 Å². The van der Waals surface area contributed by atoms with E-state index in [1.54, 1.807) is 37.5 Å². The topological polar surface area (TPSA) is 68.5 Å². The van der Waals surface area contributed by atoms with Crippen molar-refractivity contribution >= 4 is 39.3 Å². The fraction of sp³-hybridized carbons (Fsp3) is 0.130. The van der Waals surface area contributed by atoms with Gasteiger partial charge in [-0.2, -0.15) is 0 Å². The first-order valence-electron chi connectivity index (χ1n) is 9.11. The van der Waals surface area contributed by atoms with E-state index in [1.165, 1.54) is 0 Å². The van der Waals surface area contributed by atoms with Crippen LogP contribution in [0, 0.1) is 0 Å². The van der Waals surface area contributed by atoms with Crippen molar-refractivity contribution in [2.75, 3.05) is 11.9 Å². The SMILES string of the molecule is CCOC(=O)c1ccccc1NC(=O)Cc1coc2ccc3ccccc3c12. The molecule has 0 bridgehead atoms. The molecule has 0 aliphatic heterocycles. The van der Waals surface area contributed by atoms with Gasteiger partial charge in [-0.15, -0.1) is 0 Å². The summed E-state index contributed by atoms with van der Waals surface area (Å²) < 4.78 is 10.7. The Hall–Kier alpha value is -3.60. The number of benzene rings is 3. The number of furan rings is 1. The van der Waals surface area contributed by atoms with Crippen molar-refractivity contribution in [3.8, 4) is 0 Å². The quantitative estimate of drug-likeness (QED) is 0.503. The Kier molecular flexibility index (Phi) is 4.81. The molecule has 4 aromatic rings. The fourth-order valence-corrected chi connectivity index (χ4v) is 3.35. The van der Waals surface area contributed by atoms with E-state index < -0.39 is 5.97 Å². The lowest BCUT2D eigenvalue weighted by Crippen LogP contribution is -2.17. The van der Waals surface area contributed by atoms with Gasteiger partial charge in [0.05, 0.1) is 30.5 Å². The molecule has 0 atom stereocenters. The second-order valence-electron chi connectivity index (χ2n) is 6.41. The van der Waals surface area contributed by atoms with E-state index in [1.807, 2.05) is 36.4 Å². The number of para-hydroxylation sites is 1. The van der Waals surface area contributed by atoms with Gasteiger partial charge in [-0.3, -0.25) is 4.79 Å².